The molecule has 2 N–H and O–H groups in total. The average molecular weight is 512 g/mol. The summed E-state index contributed by atoms with van der Waals surface area (Å²) in [5.74, 6) is -1.45. The Bertz CT molecular complexity index is 1340. The number of fused-ring (bicyclic) bond motifs is 1. The Morgan fingerprint density at radius 1 is 1.14 bits per heavy atom. The van der Waals surface area contributed by atoms with Crippen LogP contribution in [0.4, 0.5) is 20.5 Å². The number of rotatable bonds is 10. The van der Waals surface area contributed by atoms with Crippen molar-refractivity contribution in [2.45, 2.75) is 31.3 Å². The first-order valence-corrected chi connectivity index (χ1v) is 12.0. The number of halogens is 2. The molecule has 3 heterocycles. The predicted octanol–water partition coefficient (Wildman–Crippen LogP) is 4.13. The first kappa shape index (κ1) is 24.8. The van der Waals surface area contributed by atoms with Crippen molar-refractivity contribution < 1.29 is 27.8 Å². The molecular formula is C26H27F2N5O4. The number of ether oxygens (including phenoxy) is 3. The number of aromatic nitrogens is 3. The second-order valence-corrected chi connectivity index (χ2v) is 9.11. The van der Waals surface area contributed by atoms with Gasteiger partial charge < -0.3 is 24.8 Å². The summed E-state index contributed by atoms with van der Waals surface area (Å²) in [6, 6.07) is 2.73. The number of carbonyl (C=O) groups excluding carboxylic acids is 1. The Labute approximate surface area is 212 Å². The molecule has 0 amide bonds. The fraction of sp³-hybridized carbons (Fsp3) is 0.385. The number of hydrogen-bond donors (Lipinski definition) is 2. The van der Waals surface area contributed by atoms with E-state index in [-0.39, 0.29) is 46.5 Å². The minimum absolute atomic E-state index is 0.0386. The molecule has 11 heteroatoms. The lowest BCUT2D eigenvalue weighted by atomic mass is 9.97. The van der Waals surface area contributed by atoms with E-state index in [0.29, 0.717) is 42.3 Å². The summed E-state index contributed by atoms with van der Waals surface area (Å²) in [6.07, 6.45) is 5.11. The lowest BCUT2D eigenvalue weighted by Gasteiger charge is -2.19. The number of benzene rings is 1. The number of pyridine rings is 1. The topological polar surface area (TPSA) is 107 Å². The standard InChI is InChI=1S/C26H27F2N5O4/c1-4-16(34)7-14-11-37-12-18(14)32-26-29-10-13-8-17(31-25(24(13)33-26)30-15-5-6-15)21-22(27)19(35-2)9-20(36-3)23(21)28/h4,8-10,14-15,18H,1,5-7,11-12H2,2-3H3,(H,30,31)(H,29,32,33)/t14-,18+/m0/s1. The number of ketones is 1. The maximum absolute atomic E-state index is 15.2. The Hall–Kier alpha value is -3.86. The van der Waals surface area contributed by atoms with Crippen molar-refractivity contribution >= 4 is 28.5 Å². The van der Waals surface area contributed by atoms with Crippen LogP contribution in [0, 0.1) is 17.6 Å². The molecule has 2 aliphatic rings. The van der Waals surface area contributed by atoms with E-state index in [4.69, 9.17) is 14.2 Å². The van der Waals surface area contributed by atoms with Gasteiger partial charge in [0.15, 0.2) is 34.7 Å². The van der Waals surface area contributed by atoms with Crippen LogP contribution in [0.15, 0.2) is 31.0 Å². The van der Waals surface area contributed by atoms with E-state index in [1.807, 2.05) is 0 Å². The fourth-order valence-corrected chi connectivity index (χ4v) is 4.34. The molecule has 2 atom stereocenters. The van der Waals surface area contributed by atoms with E-state index >= 15 is 8.78 Å². The van der Waals surface area contributed by atoms with Crippen molar-refractivity contribution in [1.29, 1.82) is 0 Å². The van der Waals surface area contributed by atoms with Crippen molar-refractivity contribution in [1.82, 2.24) is 15.0 Å². The van der Waals surface area contributed by atoms with Crippen molar-refractivity contribution in [2.24, 2.45) is 5.92 Å². The van der Waals surface area contributed by atoms with E-state index in [2.05, 4.69) is 32.2 Å². The minimum Gasteiger partial charge on any atom is -0.494 e. The highest BCUT2D eigenvalue weighted by molar-refractivity contribution is 5.92. The molecule has 3 aromatic rings. The van der Waals surface area contributed by atoms with Crippen molar-refractivity contribution in [2.75, 3.05) is 38.1 Å². The summed E-state index contributed by atoms with van der Waals surface area (Å²) >= 11 is 0. The Morgan fingerprint density at radius 2 is 1.86 bits per heavy atom. The van der Waals surface area contributed by atoms with Gasteiger partial charge in [0, 0.05) is 36.0 Å². The van der Waals surface area contributed by atoms with Gasteiger partial charge in [-0.2, -0.15) is 0 Å². The molecule has 1 saturated carbocycles. The summed E-state index contributed by atoms with van der Waals surface area (Å²) in [4.78, 5) is 25.5. The Balaban J connectivity index is 1.54. The number of methoxy groups -OCH3 is 2. The third-order valence-corrected chi connectivity index (χ3v) is 6.52. The number of nitrogens with one attached hydrogen (secondary N) is 2. The fourth-order valence-electron chi connectivity index (χ4n) is 4.34. The van der Waals surface area contributed by atoms with Gasteiger partial charge in [-0.05, 0) is 25.0 Å². The van der Waals surface area contributed by atoms with Gasteiger partial charge in [0.2, 0.25) is 5.95 Å². The molecule has 1 saturated heterocycles. The smallest absolute Gasteiger partial charge is 0.223 e. The minimum atomic E-state index is -0.884. The van der Waals surface area contributed by atoms with E-state index in [1.54, 1.807) is 6.20 Å². The van der Waals surface area contributed by atoms with Gasteiger partial charge in [-0.15, -0.1) is 0 Å². The zero-order valence-corrected chi connectivity index (χ0v) is 20.5. The van der Waals surface area contributed by atoms with Crippen LogP contribution in [0.2, 0.25) is 0 Å². The zero-order chi connectivity index (χ0) is 26.1. The molecule has 1 aliphatic carbocycles. The van der Waals surface area contributed by atoms with E-state index in [0.717, 1.165) is 18.9 Å². The molecule has 1 aliphatic heterocycles. The number of hydrogen-bond acceptors (Lipinski definition) is 9. The molecule has 194 valence electrons. The molecule has 0 bridgehead atoms. The molecule has 2 fully saturated rings. The van der Waals surface area contributed by atoms with Crippen molar-refractivity contribution in [3.05, 3.63) is 42.6 Å². The van der Waals surface area contributed by atoms with Crippen molar-refractivity contribution in [3.8, 4) is 22.8 Å². The van der Waals surface area contributed by atoms with E-state index in [1.165, 1.54) is 26.4 Å². The molecule has 5 rings (SSSR count). The third-order valence-electron chi connectivity index (χ3n) is 6.52. The summed E-state index contributed by atoms with van der Waals surface area (Å²) in [5.41, 5.74) is 0.192. The van der Waals surface area contributed by atoms with Gasteiger partial charge in [-0.3, -0.25) is 4.79 Å². The SMILES string of the molecule is C=CC(=O)C[C@H]1COC[C@H]1Nc1ncc2cc(-c3c(F)c(OC)cc(OC)c3F)nc(NC3CC3)c2n1. The van der Waals surface area contributed by atoms with Crippen LogP contribution in [0.25, 0.3) is 22.2 Å². The summed E-state index contributed by atoms with van der Waals surface area (Å²) < 4.78 is 46.2. The van der Waals surface area contributed by atoms with Gasteiger partial charge in [0.25, 0.3) is 0 Å². The van der Waals surface area contributed by atoms with Gasteiger partial charge in [-0.25, -0.2) is 23.7 Å². The lowest BCUT2D eigenvalue weighted by molar-refractivity contribution is -0.115. The first-order valence-electron chi connectivity index (χ1n) is 12.0. The van der Waals surface area contributed by atoms with E-state index in [9.17, 15) is 4.79 Å². The van der Waals surface area contributed by atoms with Crippen molar-refractivity contribution in [3.63, 3.8) is 0 Å². The summed E-state index contributed by atoms with van der Waals surface area (Å²) in [5, 5.41) is 7.11. The number of allylic oxidation sites excluding steroid dienone is 1. The summed E-state index contributed by atoms with van der Waals surface area (Å²) in [7, 11) is 2.59. The molecular weight excluding hydrogens is 484 g/mol. The molecule has 0 radical (unpaired) electrons. The van der Waals surface area contributed by atoms with Crippen LogP contribution in [-0.2, 0) is 9.53 Å². The van der Waals surface area contributed by atoms with E-state index < -0.39 is 11.6 Å². The van der Waals surface area contributed by atoms with Crippen LogP contribution in [0.3, 0.4) is 0 Å². The van der Waals surface area contributed by atoms with Crippen LogP contribution in [0.1, 0.15) is 19.3 Å². The predicted molar refractivity (Wildman–Crippen MR) is 134 cm³/mol. The van der Waals surface area contributed by atoms with Crippen LogP contribution in [-0.4, -0.2) is 60.3 Å². The van der Waals surface area contributed by atoms with Crippen LogP contribution < -0.4 is 20.1 Å². The van der Waals surface area contributed by atoms with Gasteiger partial charge in [-0.1, -0.05) is 6.58 Å². The number of nitrogens with zero attached hydrogens (tertiary/aromatic N) is 3. The van der Waals surface area contributed by atoms with Crippen LogP contribution in [0.5, 0.6) is 11.5 Å². The average Bonchev–Trinajstić information content (AvgIpc) is 3.62. The van der Waals surface area contributed by atoms with Gasteiger partial charge >= 0.3 is 0 Å². The third kappa shape index (κ3) is 5.04. The number of carbonyl (C=O) groups is 1. The molecule has 0 spiro atoms. The van der Waals surface area contributed by atoms with Gasteiger partial charge in [0.1, 0.15) is 5.52 Å². The molecule has 37 heavy (non-hydrogen) atoms. The second kappa shape index (κ2) is 10.3. The zero-order valence-electron chi connectivity index (χ0n) is 20.5. The second-order valence-electron chi connectivity index (χ2n) is 9.11. The highest BCUT2D eigenvalue weighted by atomic mass is 19.1. The quantitative estimate of drug-likeness (QED) is 0.389. The Morgan fingerprint density at radius 3 is 2.51 bits per heavy atom. The highest BCUT2D eigenvalue weighted by Crippen LogP contribution is 2.39. The largest absolute Gasteiger partial charge is 0.494 e. The van der Waals surface area contributed by atoms with Crippen LogP contribution >= 0.6 is 0 Å². The maximum atomic E-state index is 15.2. The van der Waals surface area contributed by atoms with Gasteiger partial charge in [0.05, 0.1) is 44.7 Å². The highest BCUT2D eigenvalue weighted by Gasteiger charge is 2.31. The molecule has 9 nitrogen and oxygen atoms in total. The Kier molecular flexibility index (Phi) is 6.88. The summed E-state index contributed by atoms with van der Waals surface area (Å²) in [6.45, 7) is 4.40. The monoisotopic (exact) mass is 511 g/mol. The lowest BCUT2D eigenvalue weighted by Crippen LogP contribution is -2.30. The molecule has 0 unspecified atom stereocenters. The normalized spacial score (nSPS) is 19.0. The first-order chi connectivity index (χ1) is 17.9. The number of anilines is 2. The maximum Gasteiger partial charge on any atom is 0.223 e. The molecule has 1 aromatic carbocycles. The molecule has 2 aromatic heterocycles.